The maximum atomic E-state index is 12.7. The molecule has 19 heavy (non-hydrogen) atoms. The van der Waals surface area contributed by atoms with Crippen LogP contribution in [0.3, 0.4) is 0 Å². The second-order valence-electron chi connectivity index (χ2n) is 7.15. The van der Waals surface area contributed by atoms with Crippen LogP contribution < -0.4 is 0 Å². The number of ether oxygens (including phenoxy) is 2. The van der Waals surface area contributed by atoms with E-state index in [4.69, 9.17) is 9.47 Å². The van der Waals surface area contributed by atoms with Crippen molar-refractivity contribution in [3.63, 3.8) is 0 Å². The van der Waals surface area contributed by atoms with E-state index in [2.05, 4.69) is 12.7 Å². The first-order valence-electron chi connectivity index (χ1n) is 6.91. The zero-order valence-corrected chi connectivity index (χ0v) is 12.4. The van der Waals surface area contributed by atoms with Gasteiger partial charge in [0, 0.05) is 11.8 Å². The molecule has 0 aromatic heterocycles. The Bertz CT molecular complexity index is 512. The van der Waals surface area contributed by atoms with E-state index in [1.54, 1.807) is 0 Å². The predicted molar refractivity (Wildman–Crippen MR) is 72.6 cm³/mol. The Morgan fingerprint density at radius 2 is 1.74 bits per heavy atom. The van der Waals surface area contributed by atoms with Crippen LogP contribution in [0.4, 0.5) is 0 Å². The van der Waals surface area contributed by atoms with Gasteiger partial charge in [-0.15, -0.1) is 0 Å². The Hall–Kier alpha value is -0.930. The van der Waals surface area contributed by atoms with E-state index in [1.165, 1.54) is 0 Å². The van der Waals surface area contributed by atoms with Gasteiger partial charge < -0.3 is 9.47 Å². The molecule has 2 aliphatic heterocycles. The third kappa shape index (κ3) is 1.61. The molecule has 3 rings (SSSR count). The summed E-state index contributed by atoms with van der Waals surface area (Å²) >= 11 is 0. The van der Waals surface area contributed by atoms with Crippen molar-refractivity contribution in [1.82, 2.24) is 0 Å². The number of rotatable bonds is 0. The van der Waals surface area contributed by atoms with E-state index < -0.39 is 17.0 Å². The maximum Gasteiger partial charge on any atom is 0.175 e. The van der Waals surface area contributed by atoms with Gasteiger partial charge in [-0.05, 0) is 46.6 Å². The summed E-state index contributed by atoms with van der Waals surface area (Å²) in [5, 5.41) is 0. The number of hydrogen-bond donors (Lipinski definition) is 0. The van der Waals surface area contributed by atoms with Gasteiger partial charge >= 0.3 is 0 Å². The molecule has 3 aliphatic rings. The van der Waals surface area contributed by atoms with Crippen molar-refractivity contribution in [3.8, 4) is 0 Å². The lowest BCUT2D eigenvalue weighted by Crippen LogP contribution is -2.58. The smallest absolute Gasteiger partial charge is 0.175 e. The average molecular weight is 262 g/mol. The van der Waals surface area contributed by atoms with Crippen molar-refractivity contribution in [1.29, 1.82) is 0 Å². The minimum absolute atomic E-state index is 0.0218. The number of hydrogen-bond acceptors (Lipinski definition) is 3. The highest BCUT2D eigenvalue weighted by atomic mass is 16.7. The fraction of sp³-hybridized carbons (Fsp3) is 0.688. The molecule has 3 nitrogen and oxygen atoms in total. The minimum Gasteiger partial charge on any atom is -0.339 e. The topological polar surface area (TPSA) is 35.5 Å². The van der Waals surface area contributed by atoms with E-state index in [1.807, 2.05) is 34.6 Å². The predicted octanol–water partition coefficient (Wildman–Crippen LogP) is 3.01. The molecule has 0 aromatic carbocycles. The number of carbonyl (C=O) groups excluding carboxylic acids is 1. The summed E-state index contributed by atoms with van der Waals surface area (Å²) in [4.78, 5) is 12.7. The summed E-state index contributed by atoms with van der Waals surface area (Å²) in [5.74, 6) is -0.586. The number of carbonyl (C=O) groups is 1. The minimum atomic E-state index is -0.793. The van der Waals surface area contributed by atoms with Gasteiger partial charge in [0.25, 0.3) is 0 Å². The van der Waals surface area contributed by atoms with Gasteiger partial charge in [0.15, 0.2) is 11.6 Å². The summed E-state index contributed by atoms with van der Waals surface area (Å²) in [6.45, 7) is 13.8. The Kier molecular flexibility index (Phi) is 2.33. The molecule has 2 fully saturated rings. The molecule has 1 aliphatic carbocycles. The second-order valence-corrected chi connectivity index (χ2v) is 7.15. The molecule has 0 N–H and O–H groups in total. The van der Waals surface area contributed by atoms with E-state index in [0.29, 0.717) is 0 Å². The van der Waals surface area contributed by atoms with Crippen molar-refractivity contribution in [3.05, 3.63) is 23.8 Å². The summed E-state index contributed by atoms with van der Waals surface area (Å²) in [7, 11) is 0. The van der Waals surface area contributed by atoms with Crippen LogP contribution in [-0.2, 0) is 14.3 Å². The molecule has 3 heteroatoms. The van der Waals surface area contributed by atoms with E-state index in [0.717, 1.165) is 17.6 Å². The van der Waals surface area contributed by atoms with Crippen LogP contribution in [0.5, 0.6) is 0 Å². The first-order valence-corrected chi connectivity index (χ1v) is 6.91. The highest BCUT2D eigenvalue weighted by molar-refractivity contribution is 5.91. The highest BCUT2D eigenvalue weighted by Crippen LogP contribution is 2.58. The number of ketones is 1. The van der Waals surface area contributed by atoms with Gasteiger partial charge in [-0.1, -0.05) is 18.2 Å². The zero-order chi connectivity index (χ0) is 14.2. The molecule has 0 bridgehead atoms. The quantitative estimate of drug-likeness (QED) is 0.673. The molecule has 104 valence electrons. The van der Waals surface area contributed by atoms with Crippen LogP contribution in [0, 0.1) is 11.8 Å². The van der Waals surface area contributed by atoms with Crippen molar-refractivity contribution >= 4 is 5.78 Å². The van der Waals surface area contributed by atoms with Gasteiger partial charge in [0.05, 0.1) is 5.60 Å². The fourth-order valence-electron chi connectivity index (χ4n) is 4.14. The van der Waals surface area contributed by atoms with Crippen LogP contribution >= 0.6 is 0 Å². The lowest BCUT2D eigenvalue weighted by Gasteiger charge is -2.48. The molecule has 0 saturated carbocycles. The maximum absolute atomic E-state index is 12.7. The molecule has 2 heterocycles. The zero-order valence-electron chi connectivity index (χ0n) is 12.4. The van der Waals surface area contributed by atoms with Gasteiger partial charge in [0.1, 0.15) is 5.60 Å². The van der Waals surface area contributed by atoms with Crippen LogP contribution in [-0.4, -0.2) is 22.8 Å². The number of Topliss-reactive ketones (excluding diaryl/α,β-unsaturated/α-hetero) is 1. The molecule has 0 amide bonds. The average Bonchev–Trinajstić information content (AvgIpc) is 2.41. The summed E-state index contributed by atoms with van der Waals surface area (Å²) in [6, 6.07) is 0. The van der Waals surface area contributed by atoms with Crippen molar-refractivity contribution < 1.29 is 14.3 Å². The molecule has 0 spiro atoms. The summed E-state index contributed by atoms with van der Waals surface area (Å²) in [6.07, 6.45) is 2.82. The van der Waals surface area contributed by atoms with Crippen molar-refractivity contribution in [2.45, 2.75) is 58.0 Å². The van der Waals surface area contributed by atoms with Gasteiger partial charge in [-0.25, -0.2) is 0 Å². The van der Waals surface area contributed by atoms with Gasteiger partial charge in [-0.3, -0.25) is 4.79 Å². The lowest BCUT2D eigenvalue weighted by atomic mass is 9.65. The highest BCUT2D eigenvalue weighted by Gasteiger charge is 2.65. The fourth-order valence-corrected chi connectivity index (χ4v) is 4.14. The van der Waals surface area contributed by atoms with E-state index >= 15 is 0 Å². The Morgan fingerprint density at radius 3 is 2.37 bits per heavy atom. The Labute approximate surface area is 114 Å². The molecule has 0 unspecified atom stereocenters. The third-order valence-electron chi connectivity index (χ3n) is 4.69. The van der Waals surface area contributed by atoms with Crippen LogP contribution in [0.2, 0.25) is 0 Å². The van der Waals surface area contributed by atoms with Crippen LogP contribution in [0.1, 0.15) is 41.0 Å². The van der Waals surface area contributed by atoms with E-state index in [9.17, 15) is 4.79 Å². The monoisotopic (exact) mass is 262 g/mol. The lowest BCUT2D eigenvalue weighted by molar-refractivity contribution is -0.303. The van der Waals surface area contributed by atoms with Crippen LogP contribution in [0.15, 0.2) is 23.8 Å². The molecular formula is C16H22O3. The summed E-state index contributed by atoms with van der Waals surface area (Å²) in [5.41, 5.74) is 0.976. The third-order valence-corrected chi connectivity index (χ3v) is 4.69. The van der Waals surface area contributed by atoms with Crippen molar-refractivity contribution in [2.24, 2.45) is 11.8 Å². The van der Waals surface area contributed by atoms with Gasteiger partial charge in [-0.2, -0.15) is 0 Å². The standard InChI is InChI=1S/C16H22O3/c1-9-7-10-12-11(8-9)14(2,3)18-16(12,6)19-15(4,5)13(10)17/h8,10,12H,1,7H2,2-6H3/t10-,12-,16-/m0/s1. The molecular weight excluding hydrogens is 240 g/mol. The molecule has 0 radical (unpaired) electrons. The Balaban J connectivity index is 2.18. The second kappa shape index (κ2) is 3.39. The molecule has 2 saturated heterocycles. The summed E-state index contributed by atoms with van der Waals surface area (Å²) < 4.78 is 12.3. The van der Waals surface area contributed by atoms with Crippen molar-refractivity contribution in [2.75, 3.05) is 0 Å². The van der Waals surface area contributed by atoms with Gasteiger partial charge in [0.2, 0.25) is 0 Å². The number of allylic oxidation sites excluding steroid dienone is 2. The normalized spacial score (nSPS) is 42.9. The largest absolute Gasteiger partial charge is 0.339 e. The molecule has 3 atom stereocenters. The SMILES string of the molecule is C=C1C=C2[C@@H]3[C@H](C1)C(=O)C(C)(C)O[C@]3(C)OC2(C)C. The first-order chi connectivity index (χ1) is 8.57. The van der Waals surface area contributed by atoms with E-state index in [-0.39, 0.29) is 17.6 Å². The van der Waals surface area contributed by atoms with Crippen LogP contribution in [0.25, 0.3) is 0 Å². The first kappa shape index (κ1) is 13.1. The Morgan fingerprint density at radius 1 is 1.16 bits per heavy atom. The molecule has 0 aromatic rings.